The Hall–Kier alpha value is -1.88. The lowest BCUT2D eigenvalue weighted by molar-refractivity contribution is -0.128. The Morgan fingerprint density at radius 2 is 1.95 bits per heavy atom. The lowest BCUT2D eigenvalue weighted by Gasteiger charge is -2.37. The molecule has 5 nitrogen and oxygen atoms in total. The molecule has 0 aliphatic heterocycles. The second kappa shape index (κ2) is 6.92. The minimum Gasteiger partial charge on any atom is -0.355 e. The zero-order chi connectivity index (χ0) is 16.2. The van der Waals surface area contributed by atoms with E-state index in [0.29, 0.717) is 12.1 Å². The Balaban J connectivity index is 1.92. The molecule has 1 saturated carbocycles. The van der Waals surface area contributed by atoms with Gasteiger partial charge in [0, 0.05) is 24.7 Å². The molecule has 1 aliphatic carbocycles. The molecule has 0 heterocycles. The van der Waals surface area contributed by atoms with Crippen molar-refractivity contribution in [3.63, 3.8) is 0 Å². The molecular formula is C17H25N3O2. The van der Waals surface area contributed by atoms with Crippen molar-refractivity contribution in [2.75, 3.05) is 7.05 Å². The normalized spacial score (nSPS) is 24.6. The number of benzene rings is 1. The predicted molar refractivity (Wildman–Crippen MR) is 86.2 cm³/mol. The fourth-order valence-corrected chi connectivity index (χ4v) is 3.02. The van der Waals surface area contributed by atoms with Crippen LogP contribution in [0.1, 0.15) is 48.5 Å². The van der Waals surface area contributed by atoms with Gasteiger partial charge in [-0.1, -0.05) is 25.0 Å². The Labute approximate surface area is 131 Å². The third-order valence-electron chi connectivity index (χ3n) is 4.48. The SMILES string of the molecule is CNC(=O)c1ccc(CNC(=O)C2CCCCC2(C)N)cc1. The summed E-state index contributed by atoms with van der Waals surface area (Å²) in [6.45, 7) is 2.42. The van der Waals surface area contributed by atoms with Crippen LogP contribution in [0.25, 0.3) is 0 Å². The van der Waals surface area contributed by atoms with Crippen LogP contribution < -0.4 is 16.4 Å². The van der Waals surface area contributed by atoms with Crippen molar-refractivity contribution in [1.82, 2.24) is 10.6 Å². The summed E-state index contributed by atoms with van der Waals surface area (Å²) >= 11 is 0. The molecule has 5 heteroatoms. The predicted octanol–water partition coefficient (Wildman–Crippen LogP) is 1.57. The summed E-state index contributed by atoms with van der Waals surface area (Å²) in [7, 11) is 1.60. The van der Waals surface area contributed by atoms with Gasteiger partial charge < -0.3 is 16.4 Å². The number of nitrogens with two attached hydrogens (primary N) is 1. The Kier molecular flexibility index (Phi) is 5.19. The van der Waals surface area contributed by atoms with Crippen LogP contribution in [-0.2, 0) is 11.3 Å². The molecule has 1 aliphatic rings. The number of rotatable bonds is 4. The third kappa shape index (κ3) is 3.85. The standard InChI is InChI=1S/C17H25N3O2/c1-17(18)10-4-3-5-14(17)16(22)20-11-12-6-8-13(9-7-12)15(21)19-2/h6-9,14H,3-5,10-11,18H2,1-2H3,(H,19,21)(H,20,22). The fraction of sp³-hybridized carbons (Fsp3) is 0.529. The molecule has 1 aromatic rings. The highest BCUT2D eigenvalue weighted by Crippen LogP contribution is 2.31. The average Bonchev–Trinajstić information content (AvgIpc) is 2.52. The van der Waals surface area contributed by atoms with Gasteiger partial charge in [-0.15, -0.1) is 0 Å². The summed E-state index contributed by atoms with van der Waals surface area (Å²) in [5.41, 5.74) is 7.42. The molecule has 0 aromatic heterocycles. The van der Waals surface area contributed by atoms with Gasteiger partial charge in [-0.3, -0.25) is 9.59 Å². The van der Waals surface area contributed by atoms with Gasteiger partial charge in [0.05, 0.1) is 5.92 Å². The van der Waals surface area contributed by atoms with Crippen LogP contribution >= 0.6 is 0 Å². The van der Waals surface area contributed by atoms with Crippen LogP contribution in [-0.4, -0.2) is 24.4 Å². The smallest absolute Gasteiger partial charge is 0.251 e. The van der Waals surface area contributed by atoms with Gasteiger partial charge in [-0.05, 0) is 37.5 Å². The minimum atomic E-state index is -0.411. The van der Waals surface area contributed by atoms with Crippen LogP contribution in [0.5, 0.6) is 0 Å². The molecule has 1 fully saturated rings. The van der Waals surface area contributed by atoms with Crippen LogP contribution in [0.4, 0.5) is 0 Å². The molecule has 4 N–H and O–H groups in total. The monoisotopic (exact) mass is 303 g/mol. The van der Waals surface area contributed by atoms with Gasteiger partial charge in [0.2, 0.25) is 5.91 Å². The maximum absolute atomic E-state index is 12.4. The molecule has 120 valence electrons. The summed E-state index contributed by atoms with van der Waals surface area (Å²) in [5.74, 6) is -0.205. The lowest BCUT2D eigenvalue weighted by Crippen LogP contribution is -2.52. The number of hydrogen-bond donors (Lipinski definition) is 3. The molecule has 2 rings (SSSR count). The molecule has 0 saturated heterocycles. The van der Waals surface area contributed by atoms with E-state index >= 15 is 0 Å². The summed E-state index contributed by atoms with van der Waals surface area (Å²) in [6.07, 6.45) is 3.91. The zero-order valence-corrected chi connectivity index (χ0v) is 13.3. The minimum absolute atomic E-state index is 0.0278. The van der Waals surface area contributed by atoms with Gasteiger partial charge >= 0.3 is 0 Å². The Morgan fingerprint density at radius 1 is 1.27 bits per heavy atom. The van der Waals surface area contributed by atoms with E-state index in [9.17, 15) is 9.59 Å². The first-order chi connectivity index (χ1) is 10.4. The van der Waals surface area contributed by atoms with Gasteiger partial charge in [-0.2, -0.15) is 0 Å². The van der Waals surface area contributed by atoms with E-state index in [4.69, 9.17) is 5.73 Å². The third-order valence-corrected chi connectivity index (χ3v) is 4.48. The first-order valence-corrected chi connectivity index (χ1v) is 7.81. The van der Waals surface area contributed by atoms with Crippen LogP contribution in [0.15, 0.2) is 24.3 Å². The van der Waals surface area contributed by atoms with E-state index < -0.39 is 5.54 Å². The van der Waals surface area contributed by atoms with E-state index in [1.807, 2.05) is 19.1 Å². The van der Waals surface area contributed by atoms with Gasteiger partial charge in [-0.25, -0.2) is 0 Å². The summed E-state index contributed by atoms with van der Waals surface area (Å²) in [5, 5.41) is 5.55. The largest absolute Gasteiger partial charge is 0.355 e. The number of amides is 2. The second-order valence-electron chi connectivity index (χ2n) is 6.30. The summed E-state index contributed by atoms with van der Waals surface area (Å²) in [4.78, 5) is 23.8. The topological polar surface area (TPSA) is 84.2 Å². The Bertz CT molecular complexity index is 537. The molecule has 2 unspecified atom stereocenters. The van der Waals surface area contributed by atoms with Gasteiger partial charge in [0.25, 0.3) is 5.91 Å². The number of nitrogens with one attached hydrogen (secondary N) is 2. The second-order valence-corrected chi connectivity index (χ2v) is 6.30. The highest BCUT2D eigenvalue weighted by atomic mass is 16.2. The van der Waals surface area contributed by atoms with Crippen molar-refractivity contribution < 1.29 is 9.59 Å². The van der Waals surface area contributed by atoms with E-state index in [2.05, 4.69) is 10.6 Å². The molecular weight excluding hydrogens is 278 g/mol. The average molecular weight is 303 g/mol. The fourth-order valence-electron chi connectivity index (χ4n) is 3.02. The molecule has 0 spiro atoms. The molecule has 1 aromatic carbocycles. The van der Waals surface area contributed by atoms with Crippen molar-refractivity contribution in [1.29, 1.82) is 0 Å². The summed E-state index contributed by atoms with van der Waals surface area (Å²) < 4.78 is 0. The number of carbonyl (C=O) groups excluding carboxylic acids is 2. The highest BCUT2D eigenvalue weighted by molar-refractivity contribution is 5.93. The molecule has 0 bridgehead atoms. The highest BCUT2D eigenvalue weighted by Gasteiger charge is 2.37. The molecule has 22 heavy (non-hydrogen) atoms. The van der Waals surface area contributed by atoms with Crippen molar-refractivity contribution in [2.24, 2.45) is 11.7 Å². The summed E-state index contributed by atoms with van der Waals surface area (Å²) in [6, 6.07) is 7.22. The maximum atomic E-state index is 12.4. The first kappa shape index (κ1) is 16.5. The Morgan fingerprint density at radius 3 is 2.55 bits per heavy atom. The van der Waals surface area contributed by atoms with E-state index in [1.165, 1.54) is 0 Å². The molecule has 0 radical (unpaired) electrons. The van der Waals surface area contributed by atoms with Crippen LogP contribution in [0.3, 0.4) is 0 Å². The molecule has 2 amide bonds. The van der Waals surface area contributed by atoms with Crippen molar-refractivity contribution in [3.05, 3.63) is 35.4 Å². The molecule has 2 atom stereocenters. The van der Waals surface area contributed by atoms with E-state index in [1.54, 1.807) is 19.2 Å². The van der Waals surface area contributed by atoms with Crippen molar-refractivity contribution in [3.8, 4) is 0 Å². The van der Waals surface area contributed by atoms with E-state index in [-0.39, 0.29) is 17.7 Å². The van der Waals surface area contributed by atoms with Crippen molar-refractivity contribution >= 4 is 11.8 Å². The quantitative estimate of drug-likeness (QED) is 0.789. The maximum Gasteiger partial charge on any atom is 0.251 e. The first-order valence-electron chi connectivity index (χ1n) is 7.81. The number of hydrogen-bond acceptors (Lipinski definition) is 3. The van der Waals surface area contributed by atoms with Crippen LogP contribution in [0, 0.1) is 5.92 Å². The van der Waals surface area contributed by atoms with Crippen molar-refractivity contribution in [2.45, 2.75) is 44.7 Å². The van der Waals surface area contributed by atoms with Gasteiger partial charge in [0.15, 0.2) is 0 Å². The van der Waals surface area contributed by atoms with Gasteiger partial charge in [0.1, 0.15) is 0 Å². The number of carbonyl (C=O) groups is 2. The zero-order valence-electron chi connectivity index (χ0n) is 13.3. The lowest BCUT2D eigenvalue weighted by atomic mass is 9.74. The van der Waals surface area contributed by atoms with E-state index in [0.717, 1.165) is 31.2 Å². The van der Waals surface area contributed by atoms with Crippen LogP contribution in [0.2, 0.25) is 0 Å².